The van der Waals surface area contributed by atoms with Crippen LogP contribution in [0.4, 0.5) is 0 Å². The second-order valence-corrected chi connectivity index (χ2v) is 7.37. The molecule has 1 aliphatic heterocycles. The first kappa shape index (κ1) is 18.4. The molecule has 0 bridgehead atoms. The van der Waals surface area contributed by atoms with Crippen molar-refractivity contribution in [2.24, 2.45) is 0 Å². The second-order valence-electron chi connectivity index (χ2n) is 5.54. The third kappa shape index (κ3) is 3.59. The van der Waals surface area contributed by atoms with Crippen molar-refractivity contribution in [1.82, 2.24) is 10.3 Å². The number of hydrogen-bond acceptors (Lipinski definition) is 6. The third-order valence-corrected chi connectivity index (χ3v) is 6.03. The highest BCUT2D eigenvalue weighted by Gasteiger charge is 2.31. The van der Waals surface area contributed by atoms with Crippen LogP contribution in [-0.2, 0) is 6.42 Å². The average Bonchev–Trinajstić information content (AvgIpc) is 2.66. The van der Waals surface area contributed by atoms with Crippen molar-refractivity contribution >= 4 is 27.7 Å². The van der Waals surface area contributed by atoms with Crippen molar-refractivity contribution in [3.8, 4) is 17.2 Å². The third-order valence-electron chi connectivity index (χ3n) is 4.21. The molecule has 1 aliphatic rings. The zero-order valence-electron chi connectivity index (χ0n) is 14.5. The van der Waals surface area contributed by atoms with Gasteiger partial charge in [0, 0.05) is 23.6 Å². The summed E-state index contributed by atoms with van der Waals surface area (Å²) in [6.07, 6.45) is 2.69. The van der Waals surface area contributed by atoms with Gasteiger partial charge in [-0.05, 0) is 46.6 Å². The topological polar surface area (TPSA) is 52.6 Å². The lowest BCUT2D eigenvalue weighted by molar-refractivity contribution is 0.317. The normalized spacial score (nSPS) is 16.2. The van der Waals surface area contributed by atoms with Crippen LogP contribution in [0.3, 0.4) is 0 Å². The van der Waals surface area contributed by atoms with Crippen molar-refractivity contribution in [3.05, 3.63) is 40.0 Å². The maximum absolute atomic E-state index is 5.67. The lowest BCUT2D eigenvalue weighted by Gasteiger charge is -2.31. The lowest BCUT2D eigenvalue weighted by atomic mass is 9.93. The Labute approximate surface area is 160 Å². The Kier molecular flexibility index (Phi) is 6.09. The summed E-state index contributed by atoms with van der Waals surface area (Å²) < 4.78 is 17.7. The number of pyridine rings is 1. The molecule has 0 saturated carbocycles. The Morgan fingerprint density at radius 1 is 1.16 bits per heavy atom. The number of ether oxygens (including phenoxy) is 3. The molecule has 0 fully saturated rings. The molecule has 1 aromatic heterocycles. The van der Waals surface area contributed by atoms with Crippen LogP contribution >= 0.6 is 27.7 Å². The number of nitrogens with one attached hydrogen (secondary N) is 1. The second kappa shape index (κ2) is 8.29. The van der Waals surface area contributed by atoms with Gasteiger partial charge >= 0.3 is 0 Å². The van der Waals surface area contributed by atoms with Crippen LogP contribution in [0.15, 0.2) is 33.9 Å². The van der Waals surface area contributed by atoms with Crippen LogP contribution in [0.2, 0.25) is 0 Å². The average molecular weight is 425 g/mol. The van der Waals surface area contributed by atoms with E-state index >= 15 is 0 Å². The SMILES string of the molecule is COc1c(Br)c2c(c(OC)c1OC)CCNC2CSc1ccccn1. The van der Waals surface area contributed by atoms with E-state index in [9.17, 15) is 0 Å². The van der Waals surface area contributed by atoms with Crippen LogP contribution in [0.1, 0.15) is 17.2 Å². The molecular weight excluding hydrogens is 404 g/mol. The minimum absolute atomic E-state index is 0.166. The first-order chi connectivity index (χ1) is 12.2. The Bertz CT molecular complexity index is 743. The van der Waals surface area contributed by atoms with Gasteiger partial charge in [0.15, 0.2) is 11.5 Å². The van der Waals surface area contributed by atoms with E-state index in [1.807, 2.05) is 24.4 Å². The molecule has 0 amide bonds. The number of fused-ring (bicyclic) bond motifs is 1. The molecule has 1 unspecified atom stereocenters. The number of halogens is 1. The van der Waals surface area contributed by atoms with E-state index in [1.165, 1.54) is 5.56 Å². The van der Waals surface area contributed by atoms with Crippen LogP contribution in [0.25, 0.3) is 0 Å². The fraction of sp³-hybridized carbons (Fsp3) is 0.389. The highest BCUT2D eigenvalue weighted by molar-refractivity contribution is 9.10. The molecular formula is C18H21BrN2O3S. The first-order valence-electron chi connectivity index (χ1n) is 7.98. The Morgan fingerprint density at radius 3 is 2.56 bits per heavy atom. The molecule has 5 nitrogen and oxygen atoms in total. The molecule has 0 saturated heterocycles. The van der Waals surface area contributed by atoms with Gasteiger partial charge in [0.05, 0.1) is 30.8 Å². The van der Waals surface area contributed by atoms with Gasteiger partial charge in [-0.1, -0.05) is 6.07 Å². The minimum Gasteiger partial charge on any atom is -0.492 e. The standard InChI is InChI=1S/C18H21BrN2O3S/c1-22-16-11-7-9-20-12(10-25-13-6-4-5-8-21-13)14(11)15(19)17(23-2)18(16)24-3/h4-6,8,12,20H,7,9-10H2,1-3H3. The van der Waals surface area contributed by atoms with Crippen molar-refractivity contribution in [2.75, 3.05) is 33.6 Å². The van der Waals surface area contributed by atoms with Crippen molar-refractivity contribution in [2.45, 2.75) is 17.5 Å². The van der Waals surface area contributed by atoms with E-state index < -0.39 is 0 Å². The summed E-state index contributed by atoms with van der Waals surface area (Å²) >= 11 is 5.45. The number of benzene rings is 1. The van der Waals surface area contributed by atoms with E-state index in [-0.39, 0.29) is 6.04 Å². The van der Waals surface area contributed by atoms with Gasteiger partial charge in [0.2, 0.25) is 5.75 Å². The van der Waals surface area contributed by atoms with Gasteiger partial charge in [-0.2, -0.15) is 0 Å². The Morgan fingerprint density at radius 2 is 1.92 bits per heavy atom. The number of thioether (sulfide) groups is 1. The van der Waals surface area contributed by atoms with Gasteiger partial charge in [-0.25, -0.2) is 4.98 Å². The molecule has 25 heavy (non-hydrogen) atoms. The molecule has 1 atom stereocenters. The summed E-state index contributed by atoms with van der Waals surface area (Å²) in [5.41, 5.74) is 2.33. The van der Waals surface area contributed by atoms with Gasteiger partial charge in [0.1, 0.15) is 0 Å². The lowest BCUT2D eigenvalue weighted by Crippen LogP contribution is -2.32. The van der Waals surface area contributed by atoms with Gasteiger partial charge < -0.3 is 19.5 Å². The quantitative estimate of drug-likeness (QED) is 0.710. The number of rotatable bonds is 6. The predicted octanol–water partition coefficient (Wildman–Crippen LogP) is 3.85. The predicted molar refractivity (Wildman–Crippen MR) is 103 cm³/mol. The van der Waals surface area contributed by atoms with E-state index in [1.54, 1.807) is 33.1 Å². The molecule has 2 aromatic rings. The van der Waals surface area contributed by atoms with Crippen molar-refractivity contribution < 1.29 is 14.2 Å². The van der Waals surface area contributed by atoms with E-state index in [4.69, 9.17) is 14.2 Å². The molecule has 0 aliphatic carbocycles. The summed E-state index contributed by atoms with van der Waals surface area (Å²) in [4.78, 5) is 4.39. The van der Waals surface area contributed by atoms with Crippen molar-refractivity contribution in [3.63, 3.8) is 0 Å². The summed E-state index contributed by atoms with van der Waals surface area (Å²) in [6, 6.07) is 6.12. The maximum Gasteiger partial charge on any atom is 0.204 e. The monoisotopic (exact) mass is 424 g/mol. The molecule has 1 aromatic carbocycles. The van der Waals surface area contributed by atoms with Gasteiger partial charge in [-0.3, -0.25) is 0 Å². The Hall–Kier alpha value is -1.44. The summed E-state index contributed by atoms with van der Waals surface area (Å²) in [5, 5.41) is 4.61. The number of aromatic nitrogens is 1. The molecule has 7 heteroatoms. The van der Waals surface area contributed by atoms with Gasteiger partial charge in [0.25, 0.3) is 0 Å². The summed E-state index contributed by atoms with van der Waals surface area (Å²) in [6.45, 7) is 0.888. The van der Waals surface area contributed by atoms with E-state index in [0.717, 1.165) is 39.5 Å². The largest absolute Gasteiger partial charge is 0.492 e. The molecule has 2 heterocycles. The fourth-order valence-corrected chi connectivity index (χ4v) is 4.92. The maximum atomic E-state index is 5.67. The highest BCUT2D eigenvalue weighted by atomic mass is 79.9. The highest BCUT2D eigenvalue weighted by Crippen LogP contribution is 2.51. The number of hydrogen-bond donors (Lipinski definition) is 1. The molecule has 3 rings (SSSR count). The zero-order valence-corrected chi connectivity index (χ0v) is 16.9. The molecule has 0 spiro atoms. The molecule has 0 radical (unpaired) electrons. The number of methoxy groups -OCH3 is 3. The van der Waals surface area contributed by atoms with Crippen LogP contribution < -0.4 is 19.5 Å². The summed E-state index contributed by atoms with van der Waals surface area (Å²) in [5.74, 6) is 2.91. The molecule has 1 N–H and O–H groups in total. The van der Waals surface area contributed by atoms with Gasteiger partial charge in [-0.15, -0.1) is 11.8 Å². The number of nitrogens with zero attached hydrogens (tertiary/aromatic N) is 1. The van der Waals surface area contributed by atoms with Crippen LogP contribution in [-0.4, -0.2) is 38.6 Å². The van der Waals surface area contributed by atoms with Crippen LogP contribution in [0, 0.1) is 0 Å². The first-order valence-corrected chi connectivity index (χ1v) is 9.76. The van der Waals surface area contributed by atoms with E-state index in [2.05, 4.69) is 26.2 Å². The van der Waals surface area contributed by atoms with E-state index in [0.29, 0.717) is 11.5 Å². The van der Waals surface area contributed by atoms with Crippen LogP contribution in [0.5, 0.6) is 17.2 Å². The summed E-state index contributed by atoms with van der Waals surface area (Å²) in [7, 11) is 4.95. The molecule has 134 valence electrons. The smallest absolute Gasteiger partial charge is 0.204 e. The Balaban J connectivity index is 1.99. The zero-order chi connectivity index (χ0) is 17.8. The minimum atomic E-state index is 0.166. The van der Waals surface area contributed by atoms with Crippen molar-refractivity contribution in [1.29, 1.82) is 0 Å². The fourth-order valence-electron chi connectivity index (χ4n) is 3.13.